The summed E-state index contributed by atoms with van der Waals surface area (Å²) >= 11 is 0. The second-order valence-electron chi connectivity index (χ2n) is 4.08. The minimum Gasteiger partial charge on any atom is -0.475 e. The number of hydrogen-bond acceptors (Lipinski definition) is 3. The minimum atomic E-state index is -1.55. The number of carboxylic acids is 1. The van der Waals surface area contributed by atoms with Gasteiger partial charge in [0.25, 0.3) is 5.78 Å². The number of carboxylic acid groups (broad SMARTS) is 1. The van der Waals surface area contributed by atoms with Crippen LogP contribution in [-0.2, 0) is 14.4 Å². The number of Topliss-reactive ketones (excluding diaryl/α,β-unsaturated/α-hetero) is 2. The highest BCUT2D eigenvalue weighted by atomic mass is 16.4. The van der Waals surface area contributed by atoms with Crippen molar-refractivity contribution >= 4 is 17.5 Å². The highest BCUT2D eigenvalue weighted by molar-refractivity contribution is 6.37. The molecule has 4 nitrogen and oxygen atoms in total. The van der Waals surface area contributed by atoms with Crippen LogP contribution in [0.1, 0.15) is 27.7 Å². The maximum atomic E-state index is 11.1. The van der Waals surface area contributed by atoms with E-state index in [2.05, 4.69) is 0 Å². The Morgan fingerprint density at radius 3 is 1.62 bits per heavy atom. The predicted octanol–water partition coefficient (Wildman–Crippen LogP) is 0.891. The molecule has 0 heterocycles. The van der Waals surface area contributed by atoms with Crippen molar-refractivity contribution in [3.63, 3.8) is 0 Å². The van der Waals surface area contributed by atoms with Crippen LogP contribution in [0.3, 0.4) is 0 Å². The van der Waals surface area contributed by atoms with Gasteiger partial charge in [0.2, 0.25) is 0 Å². The van der Waals surface area contributed by atoms with E-state index in [0.717, 1.165) is 0 Å². The number of aliphatic carboxylic acids is 1. The van der Waals surface area contributed by atoms with Crippen LogP contribution in [0.15, 0.2) is 0 Å². The van der Waals surface area contributed by atoms with Gasteiger partial charge < -0.3 is 5.11 Å². The molecular formula is C9H14O4. The molecule has 0 rings (SSSR count). The molecule has 0 saturated heterocycles. The predicted molar refractivity (Wildman–Crippen MR) is 46.3 cm³/mol. The molecule has 1 unspecified atom stereocenters. The topological polar surface area (TPSA) is 71.4 Å². The van der Waals surface area contributed by atoms with Crippen LogP contribution in [0.2, 0.25) is 0 Å². The summed E-state index contributed by atoms with van der Waals surface area (Å²) in [6.45, 7) is 6.23. The lowest BCUT2D eigenvalue weighted by atomic mass is 9.76. The quantitative estimate of drug-likeness (QED) is 0.525. The Bertz CT molecular complexity index is 247. The van der Waals surface area contributed by atoms with Crippen LogP contribution in [0.4, 0.5) is 0 Å². The number of carbonyl (C=O) groups is 3. The van der Waals surface area contributed by atoms with Crippen LogP contribution in [-0.4, -0.2) is 22.6 Å². The van der Waals surface area contributed by atoms with Crippen LogP contribution < -0.4 is 0 Å². The highest BCUT2D eigenvalue weighted by Crippen LogP contribution is 2.27. The Balaban J connectivity index is 4.95. The zero-order valence-electron chi connectivity index (χ0n) is 8.25. The molecule has 0 aromatic heterocycles. The summed E-state index contributed by atoms with van der Waals surface area (Å²) < 4.78 is 0. The third kappa shape index (κ3) is 2.97. The van der Waals surface area contributed by atoms with E-state index < -0.39 is 28.9 Å². The summed E-state index contributed by atoms with van der Waals surface area (Å²) in [7, 11) is 0. The zero-order valence-corrected chi connectivity index (χ0v) is 8.25. The van der Waals surface area contributed by atoms with Gasteiger partial charge >= 0.3 is 5.97 Å². The molecule has 0 aromatic rings. The van der Waals surface area contributed by atoms with Gasteiger partial charge in [-0.25, -0.2) is 4.79 Å². The van der Waals surface area contributed by atoms with Gasteiger partial charge in [0.15, 0.2) is 0 Å². The number of rotatable bonds is 3. The standard InChI is InChI=1S/C9H14O4/c1-5(10)6(9(2,3)4)7(11)8(12)13/h6H,1-4H3,(H,12,13). The molecule has 1 atom stereocenters. The van der Waals surface area contributed by atoms with E-state index in [-0.39, 0.29) is 0 Å². The molecule has 0 spiro atoms. The summed E-state index contributed by atoms with van der Waals surface area (Å²) in [6.07, 6.45) is 0. The van der Waals surface area contributed by atoms with Gasteiger partial charge in [-0.05, 0) is 12.3 Å². The molecule has 1 N–H and O–H groups in total. The van der Waals surface area contributed by atoms with E-state index in [4.69, 9.17) is 5.11 Å². The van der Waals surface area contributed by atoms with E-state index >= 15 is 0 Å². The largest absolute Gasteiger partial charge is 0.475 e. The van der Waals surface area contributed by atoms with E-state index in [1.54, 1.807) is 20.8 Å². The van der Waals surface area contributed by atoms with Crippen molar-refractivity contribution in [1.29, 1.82) is 0 Å². The normalized spacial score (nSPS) is 13.5. The molecule has 4 heteroatoms. The molecular weight excluding hydrogens is 172 g/mol. The van der Waals surface area contributed by atoms with Crippen molar-refractivity contribution < 1.29 is 19.5 Å². The summed E-state index contributed by atoms with van der Waals surface area (Å²) in [5.74, 6) is -4.03. The first kappa shape index (κ1) is 11.8. The number of ketones is 2. The average molecular weight is 186 g/mol. The van der Waals surface area contributed by atoms with E-state index in [9.17, 15) is 14.4 Å². The fourth-order valence-electron chi connectivity index (χ4n) is 1.31. The smallest absolute Gasteiger partial charge is 0.372 e. The fraction of sp³-hybridized carbons (Fsp3) is 0.667. The third-order valence-electron chi connectivity index (χ3n) is 1.75. The average Bonchev–Trinajstić information content (AvgIpc) is 1.82. The van der Waals surface area contributed by atoms with Crippen molar-refractivity contribution in [3.05, 3.63) is 0 Å². The molecule has 0 radical (unpaired) electrons. The Kier molecular flexibility index (Phi) is 3.34. The van der Waals surface area contributed by atoms with Gasteiger partial charge in [-0.1, -0.05) is 20.8 Å². The second kappa shape index (κ2) is 3.68. The Hall–Kier alpha value is -1.19. The van der Waals surface area contributed by atoms with Gasteiger partial charge in [0, 0.05) is 0 Å². The van der Waals surface area contributed by atoms with E-state index in [1.807, 2.05) is 0 Å². The van der Waals surface area contributed by atoms with Gasteiger partial charge in [-0.15, -0.1) is 0 Å². The third-order valence-corrected chi connectivity index (χ3v) is 1.75. The highest BCUT2D eigenvalue weighted by Gasteiger charge is 2.38. The molecule has 0 aliphatic carbocycles. The van der Waals surface area contributed by atoms with Gasteiger partial charge in [0.1, 0.15) is 5.78 Å². The molecule has 0 fully saturated rings. The van der Waals surface area contributed by atoms with E-state index in [1.165, 1.54) is 6.92 Å². The SMILES string of the molecule is CC(=O)C(C(=O)C(=O)O)C(C)(C)C. The molecule has 0 bridgehead atoms. The lowest BCUT2D eigenvalue weighted by Gasteiger charge is -2.25. The van der Waals surface area contributed by atoms with Crippen molar-refractivity contribution in [1.82, 2.24) is 0 Å². The monoisotopic (exact) mass is 186 g/mol. The molecule has 0 aliphatic rings. The molecule has 0 saturated carbocycles. The zero-order chi connectivity index (χ0) is 10.8. The lowest BCUT2D eigenvalue weighted by Crippen LogP contribution is -2.38. The van der Waals surface area contributed by atoms with E-state index in [0.29, 0.717) is 0 Å². The summed E-state index contributed by atoms with van der Waals surface area (Å²) in [6, 6.07) is 0. The lowest BCUT2D eigenvalue weighted by molar-refractivity contribution is -0.155. The Morgan fingerprint density at radius 1 is 1.15 bits per heavy atom. The second-order valence-corrected chi connectivity index (χ2v) is 4.08. The molecule has 0 aromatic carbocycles. The first-order valence-corrected chi connectivity index (χ1v) is 3.95. The van der Waals surface area contributed by atoms with Crippen molar-refractivity contribution in [2.75, 3.05) is 0 Å². The van der Waals surface area contributed by atoms with Gasteiger partial charge in [-0.3, -0.25) is 9.59 Å². The van der Waals surface area contributed by atoms with Crippen molar-refractivity contribution in [2.45, 2.75) is 27.7 Å². The molecule has 0 amide bonds. The molecule has 13 heavy (non-hydrogen) atoms. The van der Waals surface area contributed by atoms with Crippen LogP contribution in [0.25, 0.3) is 0 Å². The molecule has 0 aliphatic heterocycles. The van der Waals surface area contributed by atoms with Crippen molar-refractivity contribution in [3.8, 4) is 0 Å². The maximum Gasteiger partial charge on any atom is 0.372 e. The maximum absolute atomic E-state index is 11.1. The van der Waals surface area contributed by atoms with Gasteiger partial charge in [0.05, 0.1) is 5.92 Å². The summed E-state index contributed by atoms with van der Waals surface area (Å²) in [5.41, 5.74) is -0.638. The van der Waals surface area contributed by atoms with Crippen LogP contribution in [0, 0.1) is 11.3 Å². The Labute approximate surface area is 76.9 Å². The van der Waals surface area contributed by atoms with Gasteiger partial charge in [-0.2, -0.15) is 0 Å². The fourth-order valence-corrected chi connectivity index (χ4v) is 1.31. The van der Waals surface area contributed by atoms with Crippen LogP contribution >= 0.6 is 0 Å². The number of hydrogen-bond donors (Lipinski definition) is 1. The minimum absolute atomic E-state index is 0.403. The molecule has 74 valence electrons. The van der Waals surface area contributed by atoms with Crippen molar-refractivity contribution in [2.24, 2.45) is 11.3 Å². The summed E-state index contributed by atoms with van der Waals surface area (Å²) in [4.78, 5) is 32.6. The van der Waals surface area contributed by atoms with Crippen LogP contribution in [0.5, 0.6) is 0 Å². The summed E-state index contributed by atoms with van der Waals surface area (Å²) in [5, 5.41) is 8.46. The first-order valence-electron chi connectivity index (χ1n) is 3.95. The first-order chi connectivity index (χ1) is 5.68. The number of carbonyl (C=O) groups excluding carboxylic acids is 2. The Morgan fingerprint density at radius 2 is 1.54 bits per heavy atom.